The van der Waals surface area contributed by atoms with E-state index in [4.69, 9.17) is 0 Å². The summed E-state index contributed by atoms with van der Waals surface area (Å²) in [6, 6.07) is 8.35. The van der Waals surface area contributed by atoms with Gasteiger partial charge in [0, 0.05) is 34.9 Å². The molecule has 4 nitrogen and oxygen atoms in total. The van der Waals surface area contributed by atoms with E-state index in [0.29, 0.717) is 16.2 Å². The van der Waals surface area contributed by atoms with Crippen LogP contribution in [0.5, 0.6) is 0 Å². The molecule has 1 heterocycles. The number of carbonyl (C=O) groups is 1. The van der Waals surface area contributed by atoms with Gasteiger partial charge in [-0.05, 0) is 37.6 Å². The quantitative estimate of drug-likeness (QED) is 0.799. The summed E-state index contributed by atoms with van der Waals surface area (Å²) in [7, 11) is 0. The highest BCUT2D eigenvalue weighted by Gasteiger charge is 2.08. The lowest BCUT2D eigenvalue weighted by Gasteiger charge is -2.08. The van der Waals surface area contributed by atoms with Gasteiger partial charge < -0.3 is 10.3 Å². The molecule has 1 aromatic heterocycles. The predicted octanol–water partition coefficient (Wildman–Crippen LogP) is 2.93. The third-order valence-corrected chi connectivity index (χ3v) is 4.43. The molecule has 2 aromatic rings. The maximum atomic E-state index is 13.4. The lowest BCUT2D eigenvalue weighted by atomic mass is 10.1. The molecule has 2 rings (SSSR count). The van der Waals surface area contributed by atoms with Crippen LogP contribution in [0.2, 0.25) is 0 Å². The zero-order valence-corrected chi connectivity index (χ0v) is 13.9. The molecule has 0 atom stereocenters. The lowest BCUT2D eigenvalue weighted by molar-refractivity contribution is -0.120. The molecule has 0 fully saturated rings. The average Bonchev–Trinajstić information content (AvgIpc) is 2.48. The zero-order chi connectivity index (χ0) is 16.8. The molecule has 0 aliphatic heterocycles. The summed E-state index contributed by atoms with van der Waals surface area (Å²) in [6.45, 7) is 3.86. The van der Waals surface area contributed by atoms with Gasteiger partial charge in [0.15, 0.2) is 0 Å². The number of aryl methyl sites for hydroxylation is 2. The molecular formula is C17H19FN2O2S. The van der Waals surface area contributed by atoms with Crippen LogP contribution in [0.3, 0.4) is 0 Å². The number of rotatable bonds is 6. The predicted molar refractivity (Wildman–Crippen MR) is 90.1 cm³/mol. The Morgan fingerprint density at radius 3 is 2.74 bits per heavy atom. The van der Waals surface area contributed by atoms with E-state index in [1.54, 1.807) is 18.2 Å². The second-order valence-corrected chi connectivity index (χ2v) is 6.39. The molecule has 0 aliphatic carbocycles. The highest BCUT2D eigenvalue weighted by atomic mass is 32.2. The Balaban J connectivity index is 1.82. The van der Waals surface area contributed by atoms with Crippen LogP contribution in [0, 0.1) is 19.7 Å². The molecule has 0 bridgehead atoms. The summed E-state index contributed by atoms with van der Waals surface area (Å²) in [6.07, 6.45) is 0.266. The number of amides is 1. The molecule has 23 heavy (non-hydrogen) atoms. The van der Waals surface area contributed by atoms with Crippen LogP contribution in [0.25, 0.3) is 0 Å². The minimum atomic E-state index is -0.278. The van der Waals surface area contributed by atoms with Gasteiger partial charge in [-0.15, -0.1) is 11.8 Å². The van der Waals surface area contributed by atoms with Gasteiger partial charge in [-0.25, -0.2) is 4.39 Å². The third kappa shape index (κ3) is 4.96. The summed E-state index contributed by atoms with van der Waals surface area (Å²) >= 11 is 1.30. The Bertz CT molecular complexity index is 758. The van der Waals surface area contributed by atoms with Crippen LogP contribution in [0.15, 0.2) is 40.0 Å². The SMILES string of the molecule is Cc1cc(C)c(CNC(=O)CCSc2ccccc2F)c(=O)[nH]1. The molecule has 0 spiro atoms. The number of pyridine rings is 1. The number of benzene rings is 1. The largest absolute Gasteiger partial charge is 0.352 e. The van der Waals surface area contributed by atoms with Crippen molar-refractivity contribution in [1.82, 2.24) is 10.3 Å². The molecular weight excluding hydrogens is 315 g/mol. The van der Waals surface area contributed by atoms with Gasteiger partial charge in [0.05, 0.1) is 0 Å². The highest BCUT2D eigenvalue weighted by molar-refractivity contribution is 7.99. The maximum Gasteiger partial charge on any atom is 0.253 e. The first-order chi connectivity index (χ1) is 11.0. The number of aromatic amines is 1. The van der Waals surface area contributed by atoms with Crippen molar-refractivity contribution in [3.8, 4) is 0 Å². The number of H-pyrrole nitrogens is 1. The Morgan fingerprint density at radius 1 is 1.30 bits per heavy atom. The van der Waals surface area contributed by atoms with Gasteiger partial charge in [-0.1, -0.05) is 12.1 Å². The molecule has 0 aliphatic rings. The lowest BCUT2D eigenvalue weighted by Crippen LogP contribution is -2.28. The van der Waals surface area contributed by atoms with E-state index < -0.39 is 0 Å². The van der Waals surface area contributed by atoms with E-state index in [-0.39, 0.29) is 30.2 Å². The van der Waals surface area contributed by atoms with Gasteiger partial charge in [0.25, 0.3) is 5.56 Å². The van der Waals surface area contributed by atoms with Crippen LogP contribution >= 0.6 is 11.8 Å². The molecule has 0 saturated heterocycles. The van der Waals surface area contributed by atoms with Crippen LogP contribution in [-0.4, -0.2) is 16.6 Å². The van der Waals surface area contributed by atoms with Gasteiger partial charge in [0.2, 0.25) is 5.91 Å². The number of thioether (sulfide) groups is 1. The molecule has 0 saturated carbocycles. The monoisotopic (exact) mass is 334 g/mol. The van der Waals surface area contributed by atoms with Gasteiger partial charge in [0.1, 0.15) is 5.82 Å². The number of halogens is 1. The fraction of sp³-hybridized carbons (Fsp3) is 0.294. The van der Waals surface area contributed by atoms with Crippen molar-refractivity contribution in [3.63, 3.8) is 0 Å². The second-order valence-electron chi connectivity index (χ2n) is 5.25. The number of carbonyl (C=O) groups excluding carboxylic acids is 1. The summed E-state index contributed by atoms with van der Waals surface area (Å²) in [5.74, 6) is 0.0451. The Kier molecular flexibility index (Phi) is 5.98. The second kappa shape index (κ2) is 7.97. The van der Waals surface area contributed by atoms with Crippen LogP contribution < -0.4 is 10.9 Å². The van der Waals surface area contributed by atoms with Crippen molar-refractivity contribution < 1.29 is 9.18 Å². The minimum absolute atomic E-state index is 0.159. The smallest absolute Gasteiger partial charge is 0.253 e. The van der Waals surface area contributed by atoms with Crippen molar-refractivity contribution in [2.45, 2.75) is 31.7 Å². The number of hydrogen-bond donors (Lipinski definition) is 2. The Labute approximate surface area is 138 Å². The van der Waals surface area contributed by atoms with Crippen LogP contribution in [-0.2, 0) is 11.3 Å². The van der Waals surface area contributed by atoms with Gasteiger partial charge >= 0.3 is 0 Å². The Hall–Kier alpha value is -2.08. The highest BCUT2D eigenvalue weighted by Crippen LogP contribution is 2.21. The molecule has 0 radical (unpaired) electrons. The topological polar surface area (TPSA) is 62.0 Å². The standard InChI is InChI=1S/C17H19FN2O2S/c1-11-9-12(2)20-17(22)13(11)10-19-16(21)7-8-23-15-6-4-3-5-14(15)18/h3-6,9H,7-8,10H2,1-2H3,(H,19,21)(H,20,22). The first-order valence-electron chi connectivity index (χ1n) is 7.31. The zero-order valence-electron chi connectivity index (χ0n) is 13.1. The summed E-state index contributed by atoms with van der Waals surface area (Å²) in [4.78, 5) is 27.0. The fourth-order valence-corrected chi connectivity index (χ4v) is 3.08. The number of aromatic nitrogens is 1. The van der Waals surface area contributed by atoms with E-state index in [1.807, 2.05) is 19.9 Å². The summed E-state index contributed by atoms with van der Waals surface area (Å²) < 4.78 is 13.4. The first-order valence-corrected chi connectivity index (χ1v) is 8.29. The minimum Gasteiger partial charge on any atom is -0.352 e. The van der Waals surface area contributed by atoms with E-state index in [2.05, 4.69) is 10.3 Å². The summed E-state index contributed by atoms with van der Waals surface area (Å²) in [5.41, 5.74) is 2.03. The third-order valence-electron chi connectivity index (χ3n) is 3.38. The van der Waals surface area contributed by atoms with Crippen molar-refractivity contribution >= 4 is 17.7 Å². The maximum absolute atomic E-state index is 13.4. The van der Waals surface area contributed by atoms with E-state index in [1.165, 1.54) is 17.8 Å². The van der Waals surface area contributed by atoms with Crippen LogP contribution in [0.1, 0.15) is 23.2 Å². The molecule has 0 unspecified atom stereocenters. The summed E-state index contributed by atoms with van der Waals surface area (Å²) in [5, 5.41) is 2.73. The van der Waals surface area contributed by atoms with Crippen molar-refractivity contribution in [1.29, 1.82) is 0 Å². The van der Waals surface area contributed by atoms with E-state index in [0.717, 1.165) is 11.3 Å². The average molecular weight is 334 g/mol. The number of nitrogens with one attached hydrogen (secondary N) is 2. The van der Waals surface area contributed by atoms with E-state index in [9.17, 15) is 14.0 Å². The molecule has 122 valence electrons. The van der Waals surface area contributed by atoms with Gasteiger partial charge in [-0.2, -0.15) is 0 Å². The van der Waals surface area contributed by atoms with E-state index >= 15 is 0 Å². The molecule has 2 N–H and O–H groups in total. The first kappa shape index (κ1) is 17.3. The molecule has 1 amide bonds. The van der Waals surface area contributed by atoms with Crippen molar-refractivity contribution in [3.05, 3.63) is 63.3 Å². The van der Waals surface area contributed by atoms with Crippen molar-refractivity contribution in [2.24, 2.45) is 0 Å². The fourth-order valence-electron chi connectivity index (χ4n) is 2.19. The molecule has 6 heteroatoms. The molecule has 1 aromatic carbocycles. The normalized spacial score (nSPS) is 10.6. The van der Waals surface area contributed by atoms with Crippen molar-refractivity contribution in [2.75, 3.05) is 5.75 Å². The van der Waals surface area contributed by atoms with Gasteiger partial charge in [-0.3, -0.25) is 9.59 Å². The number of hydrogen-bond acceptors (Lipinski definition) is 3. The van der Waals surface area contributed by atoms with Crippen LogP contribution in [0.4, 0.5) is 4.39 Å². The Morgan fingerprint density at radius 2 is 2.04 bits per heavy atom.